The number of aryl methyl sites for hydroxylation is 2. The summed E-state index contributed by atoms with van der Waals surface area (Å²) in [6.45, 7) is 4.10. The van der Waals surface area contributed by atoms with Gasteiger partial charge in [-0.15, -0.1) is 0 Å². The molecule has 0 saturated heterocycles. The highest BCUT2D eigenvalue weighted by molar-refractivity contribution is 5.86. The summed E-state index contributed by atoms with van der Waals surface area (Å²) < 4.78 is 1.88. The molecule has 0 N–H and O–H groups in total. The largest absolute Gasteiger partial charge is 0.281 e. The van der Waals surface area contributed by atoms with E-state index in [1.165, 1.54) is 0 Å². The van der Waals surface area contributed by atoms with Crippen molar-refractivity contribution in [3.05, 3.63) is 64.1 Å². The van der Waals surface area contributed by atoms with Crippen LogP contribution in [0.25, 0.3) is 16.5 Å². The molecule has 1 aliphatic carbocycles. The Morgan fingerprint density at radius 3 is 2.80 bits per heavy atom. The van der Waals surface area contributed by atoms with E-state index in [9.17, 15) is 4.79 Å². The molecule has 0 unspecified atom stereocenters. The van der Waals surface area contributed by atoms with Crippen LogP contribution in [0.15, 0.2) is 47.3 Å². The van der Waals surface area contributed by atoms with Crippen LogP contribution in [-0.2, 0) is 6.42 Å². The Morgan fingerprint density at radius 1 is 1.25 bits per heavy atom. The Labute approximate surface area is 119 Å². The van der Waals surface area contributed by atoms with Gasteiger partial charge in [-0.2, -0.15) is 0 Å². The molecule has 1 heterocycles. The van der Waals surface area contributed by atoms with E-state index >= 15 is 0 Å². The zero-order valence-electron chi connectivity index (χ0n) is 12.0. The zero-order valence-corrected chi connectivity index (χ0v) is 12.0. The third kappa shape index (κ3) is 2.01. The first-order valence-corrected chi connectivity index (χ1v) is 7.23. The molecule has 1 aliphatic rings. The molecule has 0 radical (unpaired) electrons. The predicted octanol–water partition coefficient (Wildman–Crippen LogP) is 4.06. The maximum Gasteiger partial charge on any atom is 0.263 e. The van der Waals surface area contributed by atoms with Crippen LogP contribution >= 0.6 is 0 Å². The first kappa shape index (κ1) is 12.9. The number of fused-ring (bicyclic) bond motifs is 1. The van der Waals surface area contributed by atoms with Crippen molar-refractivity contribution < 1.29 is 0 Å². The third-order valence-electron chi connectivity index (χ3n) is 3.93. The molecule has 0 fully saturated rings. The van der Waals surface area contributed by atoms with Crippen molar-refractivity contribution in [1.29, 1.82) is 0 Å². The average molecular weight is 265 g/mol. The lowest BCUT2D eigenvalue weighted by atomic mass is 10.0. The summed E-state index contributed by atoms with van der Waals surface area (Å²) in [4.78, 5) is 12.9. The smallest absolute Gasteiger partial charge is 0.263 e. The molecule has 2 nitrogen and oxygen atoms in total. The summed E-state index contributed by atoms with van der Waals surface area (Å²) in [5.41, 5.74) is 3.24. The molecule has 2 aromatic rings. The van der Waals surface area contributed by atoms with Crippen LogP contribution in [0.5, 0.6) is 0 Å². The molecule has 0 saturated carbocycles. The Hall–Kier alpha value is -2.09. The molecule has 2 heteroatoms. The van der Waals surface area contributed by atoms with E-state index in [-0.39, 0.29) is 5.56 Å². The van der Waals surface area contributed by atoms with E-state index in [1.54, 1.807) is 0 Å². The molecule has 3 rings (SSSR count). The van der Waals surface area contributed by atoms with Crippen molar-refractivity contribution >= 4 is 16.5 Å². The van der Waals surface area contributed by atoms with E-state index in [0.29, 0.717) is 0 Å². The Bertz CT molecular complexity index is 778. The summed E-state index contributed by atoms with van der Waals surface area (Å²) in [5, 5.41) is 1.88. The summed E-state index contributed by atoms with van der Waals surface area (Å²) in [5.74, 6) is 0. The second-order valence-electron chi connectivity index (χ2n) is 5.28. The molecule has 0 amide bonds. The number of pyridine rings is 1. The Morgan fingerprint density at radius 2 is 2.10 bits per heavy atom. The van der Waals surface area contributed by atoms with Gasteiger partial charge in [0, 0.05) is 11.4 Å². The summed E-state index contributed by atoms with van der Waals surface area (Å²) in [6.07, 6.45) is 9.28. The summed E-state index contributed by atoms with van der Waals surface area (Å²) >= 11 is 0. The molecule has 0 aliphatic heterocycles. The van der Waals surface area contributed by atoms with E-state index in [1.807, 2.05) is 29.7 Å². The molecular weight excluding hydrogens is 246 g/mol. The van der Waals surface area contributed by atoms with E-state index in [0.717, 1.165) is 47.0 Å². The van der Waals surface area contributed by atoms with Crippen LogP contribution < -0.4 is 5.56 Å². The van der Waals surface area contributed by atoms with Crippen molar-refractivity contribution in [1.82, 2.24) is 4.57 Å². The first-order valence-electron chi connectivity index (χ1n) is 7.23. The highest BCUT2D eigenvalue weighted by Crippen LogP contribution is 2.21. The van der Waals surface area contributed by atoms with Crippen molar-refractivity contribution in [2.75, 3.05) is 0 Å². The maximum absolute atomic E-state index is 12.9. The molecule has 20 heavy (non-hydrogen) atoms. The van der Waals surface area contributed by atoms with Gasteiger partial charge in [0.05, 0.1) is 5.39 Å². The van der Waals surface area contributed by atoms with Crippen molar-refractivity contribution in [3.63, 3.8) is 0 Å². The van der Waals surface area contributed by atoms with Gasteiger partial charge in [0.2, 0.25) is 0 Å². The fraction of sp³-hybridized carbons (Fsp3) is 0.278. The lowest BCUT2D eigenvalue weighted by Crippen LogP contribution is -2.23. The number of aromatic nitrogens is 1. The quantitative estimate of drug-likeness (QED) is 0.802. The lowest BCUT2D eigenvalue weighted by Gasteiger charge is -2.17. The molecule has 1 aromatic heterocycles. The van der Waals surface area contributed by atoms with Gasteiger partial charge in [0.25, 0.3) is 5.56 Å². The second-order valence-corrected chi connectivity index (χ2v) is 5.28. The molecule has 0 spiro atoms. The number of rotatable bonds is 2. The minimum atomic E-state index is 0.107. The fourth-order valence-electron chi connectivity index (χ4n) is 2.90. The third-order valence-corrected chi connectivity index (χ3v) is 3.93. The van der Waals surface area contributed by atoms with Gasteiger partial charge >= 0.3 is 0 Å². The minimum Gasteiger partial charge on any atom is -0.281 e. The number of hydrogen-bond acceptors (Lipinski definition) is 1. The first-order chi connectivity index (χ1) is 9.72. The van der Waals surface area contributed by atoms with Crippen molar-refractivity contribution in [2.24, 2.45) is 0 Å². The van der Waals surface area contributed by atoms with E-state index in [2.05, 4.69) is 31.2 Å². The monoisotopic (exact) mass is 265 g/mol. The average Bonchev–Trinajstić information content (AvgIpc) is 2.47. The number of benzene rings is 1. The van der Waals surface area contributed by atoms with Crippen LogP contribution in [0.3, 0.4) is 0 Å². The van der Waals surface area contributed by atoms with Gasteiger partial charge in [0.1, 0.15) is 0 Å². The standard InChI is InChI=1S/C18H19NO/c1-3-15-12-14-9-7-8-13(2)17(14)18(20)19(15)16-10-5-4-6-11-16/h5,7-12H,3-4,6H2,1-2H3. The Balaban J connectivity index is 2.38. The van der Waals surface area contributed by atoms with Gasteiger partial charge in [-0.3, -0.25) is 9.36 Å². The molecule has 0 bridgehead atoms. The van der Waals surface area contributed by atoms with Gasteiger partial charge in [-0.05, 0) is 49.3 Å². The van der Waals surface area contributed by atoms with Crippen LogP contribution in [0, 0.1) is 6.92 Å². The van der Waals surface area contributed by atoms with Crippen molar-refractivity contribution in [2.45, 2.75) is 33.1 Å². The SMILES string of the molecule is CCc1cc2cccc(C)c2c(=O)n1C1=CCCC=C1. The Kier molecular flexibility index (Phi) is 3.31. The molecule has 102 valence electrons. The highest BCUT2D eigenvalue weighted by Gasteiger charge is 2.12. The molecular formula is C18H19NO. The fourth-order valence-corrected chi connectivity index (χ4v) is 2.90. The van der Waals surface area contributed by atoms with Crippen LogP contribution in [0.1, 0.15) is 31.0 Å². The number of nitrogens with zero attached hydrogens (tertiary/aromatic N) is 1. The van der Waals surface area contributed by atoms with E-state index in [4.69, 9.17) is 0 Å². The number of allylic oxidation sites excluding steroid dienone is 4. The van der Waals surface area contributed by atoms with Crippen LogP contribution in [0.4, 0.5) is 0 Å². The van der Waals surface area contributed by atoms with Gasteiger partial charge in [-0.25, -0.2) is 0 Å². The van der Waals surface area contributed by atoms with Gasteiger partial charge in [0.15, 0.2) is 0 Å². The predicted molar refractivity (Wildman–Crippen MR) is 85.0 cm³/mol. The van der Waals surface area contributed by atoms with Crippen molar-refractivity contribution in [3.8, 4) is 0 Å². The van der Waals surface area contributed by atoms with Gasteiger partial charge < -0.3 is 0 Å². The second kappa shape index (κ2) is 5.12. The normalized spacial score (nSPS) is 14.6. The lowest BCUT2D eigenvalue weighted by molar-refractivity contribution is 0.894. The summed E-state index contributed by atoms with van der Waals surface area (Å²) in [7, 11) is 0. The van der Waals surface area contributed by atoms with Gasteiger partial charge in [-0.1, -0.05) is 37.3 Å². The molecule has 0 atom stereocenters. The number of hydrogen-bond donors (Lipinski definition) is 0. The maximum atomic E-state index is 12.9. The summed E-state index contributed by atoms with van der Waals surface area (Å²) in [6, 6.07) is 8.19. The highest BCUT2D eigenvalue weighted by atomic mass is 16.1. The van der Waals surface area contributed by atoms with E-state index < -0.39 is 0 Å². The topological polar surface area (TPSA) is 22.0 Å². The molecule has 1 aromatic carbocycles. The minimum absolute atomic E-state index is 0.107. The zero-order chi connectivity index (χ0) is 14.1. The van der Waals surface area contributed by atoms with Crippen LogP contribution in [0.2, 0.25) is 0 Å². The van der Waals surface area contributed by atoms with Crippen LogP contribution in [-0.4, -0.2) is 4.57 Å².